The highest BCUT2D eigenvalue weighted by Gasteiger charge is 2.36. The van der Waals surface area contributed by atoms with Crippen LogP contribution in [0.4, 0.5) is 4.39 Å². The molecule has 0 amide bonds. The lowest BCUT2D eigenvalue weighted by Gasteiger charge is -2.42. The van der Waals surface area contributed by atoms with Crippen LogP contribution in [0.1, 0.15) is 32.6 Å². The molecule has 0 aromatic heterocycles. The van der Waals surface area contributed by atoms with Crippen LogP contribution in [-0.4, -0.2) is 45.9 Å². The van der Waals surface area contributed by atoms with E-state index < -0.39 is 0 Å². The van der Waals surface area contributed by atoms with Crippen LogP contribution in [0.2, 0.25) is 0 Å². The molecule has 148 valence electrons. The summed E-state index contributed by atoms with van der Waals surface area (Å²) in [5.41, 5.74) is 0.322. The summed E-state index contributed by atoms with van der Waals surface area (Å²) >= 11 is 0. The molecule has 1 fully saturated rings. The number of hydrogen-bond acceptors (Lipinski definition) is 3. The average Bonchev–Trinajstić information content (AvgIpc) is 2.58. The van der Waals surface area contributed by atoms with Crippen molar-refractivity contribution in [2.75, 3.05) is 33.9 Å². The maximum atomic E-state index is 13.6. The number of nitrogens with one attached hydrogen (secondary N) is 2. The summed E-state index contributed by atoms with van der Waals surface area (Å²) in [6, 6.07) is 6.44. The monoisotopic (exact) mass is 479 g/mol. The first-order valence-corrected chi connectivity index (χ1v) is 8.93. The van der Waals surface area contributed by atoms with E-state index in [9.17, 15) is 4.39 Å². The molecular weight excluding hydrogens is 448 g/mol. The molecule has 0 saturated heterocycles. The van der Waals surface area contributed by atoms with Crippen LogP contribution in [0.15, 0.2) is 29.3 Å². The maximum Gasteiger partial charge on any atom is 0.191 e. The summed E-state index contributed by atoms with van der Waals surface area (Å²) in [5.74, 6) is 0.669. The van der Waals surface area contributed by atoms with Crippen molar-refractivity contribution in [3.05, 3.63) is 30.1 Å². The van der Waals surface area contributed by atoms with Gasteiger partial charge in [-0.3, -0.25) is 4.99 Å². The van der Waals surface area contributed by atoms with E-state index in [4.69, 9.17) is 9.47 Å². The predicted molar refractivity (Wildman–Crippen MR) is 114 cm³/mol. The third-order valence-corrected chi connectivity index (χ3v) is 4.83. The molecule has 1 aromatic carbocycles. The van der Waals surface area contributed by atoms with Crippen molar-refractivity contribution in [1.82, 2.24) is 10.6 Å². The number of methoxy groups -OCH3 is 1. The number of para-hydroxylation sites is 1. The Morgan fingerprint density at radius 1 is 1.31 bits per heavy atom. The van der Waals surface area contributed by atoms with E-state index >= 15 is 0 Å². The van der Waals surface area contributed by atoms with Crippen LogP contribution >= 0.6 is 24.0 Å². The second-order valence-corrected chi connectivity index (χ2v) is 6.76. The molecule has 26 heavy (non-hydrogen) atoms. The second-order valence-electron chi connectivity index (χ2n) is 6.76. The molecule has 1 unspecified atom stereocenters. The van der Waals surface area contributed by atoms with Gasteiger partial charge in [0.05, 0.1) is 6.54 Å². The van der Waals surface area contributed by atoms with Gasteiger partial charge in [0.2, 0.25) is 0 Å². The van der Waals surface area contributed by atoms with Gasteiger partial charge in [-0.2, -0.15) is 0 Å². The van der Waals surface area contributed by atoms with Gasteiger partial charge in [0.15, 0.2) is 17.5 Å². The first kappa shape index (κ1) is 23.0. The minimum atomic E-state index is -0.345. The fourth-order valence-electron chi connectivity index (χ4n) is 3.04. The van der Waals surface area contributed by atoms with E-state index in [0.29, 0.717) is 12.0 Å². The molecule has 1 atom stereocenters. The zero-order valence-corrected chi connectivity index (χ0v) is 18.2. The molecule has 1 aliphatic carbocycles. The highest BCUT2D eigenvalue weighted by molar-refractivity contribution is 14.0. The van der Waals surface area contributed by atoms with Gasteiger partial charge >= 0.3 is 0 Å². The highest BCUT2D eigenvalue weighted by atomic mass is 127. The number of guanidine groups is 1. The van der Waals surface area contributed by atoms with Crippen molar-refractivity contribution >= 4 is 29.9 Å². The molecule has 0 bridgehead atoms. The standard InChI is InChI=1S/C19H30FN3O2.HI/c1-15(25-17-8-5-4-7-16(17)20)13-22-18(21-2)23-14-19(9-6-10-19)11-12-24-3;/h4-5,7-8,15H,6,9-14H2,1-3H3,(H2,21,22,23);1H. The Kier molecular flexibility index (Phi) is 10.2. The minimum Gasteiger partial charge on any atom is -0.486 e. The third-order valence-electron chi connectivity index (χ3n) is 4.83. The van der Waals surface area contributed by atoms with Gasteiger partial charge in [-0.25, -0.2) is 4.39 Å². The number of rotatable bonds is 9. The molecule has 0 radical (unpaired) electrons. The van der Waals surface area contributed by atoms with Crippen molar-refractivity contribution in [2.45, 2.75) is 38.7 Å². The fourth-order valence-corrected chi connectivity index (χ4v) is 3.04. The quantitative estimate of drug-likeness (QED) is 0.323. The van der Waals surface area contributed by atoms with Crippen molar-refractivity contribution in [1.29, 1.82) is 0 Å². The Balaban J connectivity index is 0.00000338. The number of nitrogens with zero attached hydrogens (tertiary/aromatic N) is 1. The zero-order valence-electron chi connectivity index (χ0n) is 15.9. The van der Waals surface area contributed by atoms with Crippen molar-refractivity contribution in [3.8, 4) is 5.75 Å². The van der Waals surface area contributed by atoms with Gasteiger partial charge in [-0.05, 0) is 43.7 Å². The van der Waals surface area contributed by atoms with E-state index in [1.54, 1.807) is 32.4 Å². The molecule has 1 saturated carbocycles. The molecule has 5 nitrogen and oxygen atoms in total. The topological polar surface area (TPSA) is 54.9 Å². The Morgan fingerprint density at radius 2 is 2.04 bits per heavy atom. The summed E-state index contributed by atoms with van der Waals surface area (Å²) in [5, 5.41) is 6.65. The summed E-state index contributed by atoms with van der Waals surface area (Å²) in [6.45, 7) is 4.12. The van der Waals surface area contributed by atoms with Gasteiger partial charge in [-0.1, -0.05) is 18.6 Å². The summed E-state index contributed by atoms with van der Waals surface area (Å²) in [6.07, 6.45) is 4.63. The smallest absolute Gasteiger partial charge is 0.191 e. The molecule has 0 heterocycles. The first-order chi connectivity index (χ1) is 12.1. The molecule has 0 aliphatic heterocycles. The van der Waals surface area contributed by atoms with Crippen molar-refractivity contribution < 1.29 is 13.9 Å². The second kappa shape index (κ2) is 11.6. The Bertz CT molecular complexity index is 567. The van der Waals surface area contributed by atoms with E-state index in [0.717, 1.165) is 25.5 Å². The van der Waals surface area contributed by atoms with Gasteiger partial charge in [0.1, 0.15) is 6.10 Å². The van der Waals surface area contributed by atoms with E-state index in [-0.39, 0.29) is 41.6 Å². The van der Waals surface area contributed by atoms with Crippen molar-refractivity contribution in [2.24, 2.45) is 10.4 Å². The number of benzene rings is 1. The summed E-state index contributed by atoms with van der Waals surface area (Å²) < 4.78 is 24.5. The van der Waals surface area contributed by atoms with E-state index in [1.807, 2.05) is 6.92 Å². The normalized spacial score (nSPS) is 16.8. The molecule has 7 heteroatoms. The van der Waals surface area contributed by atoms with Crippen LogP contribution < -0.4 is 15.4 Å². The van der Waals surface area contributed by atoms with E-state index in [2.05, 4.69) is 15.6 Å². The Morgan fingerprint density at radius 3 is 2.62 bits per heavy atom. The Hall–Kier alpha value is -1.09. The van der Waals surface area contributed by atoms with Crippen LogP contribution in [0.3, 0.4) is 0 Å². The number of ether oxygens (including phenoxy) is 2. The average molecular weight is 479 g/mol. The number of aliphatic imine (C=N–C) groups is 1. The maximum absolute atomic E-state index is 13.6. The fraction of sp³-hybridized carbons (Fsp3) is 0.632. The molecule has 2 N–H and O–H groups in total. The predicted octanol–water partition coefficient (Wildman–Crippen LogP) is 3.58. The largest absolute Gasteiger partial charge is 0.486 e. The van der Waals surface area contributed by atoms with Crippen LogP contribution in [0.25, 0.3) is 0 Å². The number of halogens is 2. The van der Waals surface area contributed by atoms with Crippen LogP contribution in [-0.2, 0) is 4.74 Å². The van der Waals surface area contributed by atoms with Gasteiger partial charge < -0.3 is 20.1 Å². The van der Waals surface area contributed by atoms with Gasteiger partial charge in [0, 0.05) is 27.3 Å². The van der Waals surface area contributed by atoms with E-state index in [1.165, 1.54) is 25.3 Å². The van der Waals surface area contributed by atoms with Crippen LogP contribution in [0.5, 0.6) is 5.75 Å². The molecule has 2 rings (SSSR count). The lowest BCUT2D eigenvalue weighted by molar-refractivity contribution is 0.0732. The molecule has 1 aromatic rings. The molecule has 0 spiro atoms. The first-order valence-electron chi connectivity index (χ1n) is 8.93. The van der Waals surface area contributed by atoms with Crippen LogP contribution in [0, 0.1) is 11.2 Å². The Labute approximate surface area is 173 Å². The van der Waals surface area contributed by atoms with Gasteiger partial charge in [0.25, 0.3) is 0 Å². The molecular formula is C19H31FIN3O2. The van der Waals surface area contributed by atoms with Gasteiger partial charge in [-0.15, -0.1) is 24.0 Å². The lowest BCUT2D eigenvalue weighted by Crippen LogP contribution is -2.48. The van der Waals surface area contributed by atoms with Crippen molar-refractivity contribution in [3.63, 3.8) is 0 Å². The SMILES string of the molecule is CN=C(NCC(C)Oc1ccccc1F)NCC1(CCOC)CCC1.I. The lowest BCUT2D eigenvalue weighted by atomic mass is 9.67. The minimum absolute atomic E-state index is 0. The molecule has 1 aliphatic rings. The summed E-state index contributed by atoms with van der Waals surface area (Å²) in [7, 11) is 3.50. The zero-order chi connectivity index (χ0) is 18.1. The number of hydrogen-bond donors (Lipinski definition) is 2. The summed E-state index contributed by atoms with van der Waals surface area (Å²) in [4.78, 5) is 4.26. The third kappa shape index (κ3) is 6.90. The highest BCUT2D eigenvalue weighted by Crippen LogP contribution is 2.43.